The number of pyridine rings is 1. The molecule has 3 heterocycles. The Labute approximate surface area is 191 Å². The highest BCUT2D eigenvalue weighted by atomic mass is 16.3. The lowest BCUT2D eigenvalue weighted by molar-refractivity contribution is -0.128. The lowest BCUT2D eigenvalue weighted by atomic mass is 10.1. The Morgan fingerprint density at radius 1 is 1.22 bits per heavy atom. The van der Waals surface area contributed by atoms with Crippen molar-refractivity contribution >= 4 is 11.9 Å². The Kier molecular flexibility index (Phi) is 9.56. The molecule has 3 rings (SSSR count). The maximum absolute atomic E-state index is 12.6. The number of hydrogen-bond acceptors (Lipinski definition) is 5. The highest BCUT2D eigenvalue weighted by Gasteiger charge is 2.24. The van der Waals surface area contributed by atoms with Crippen LogP contribution in [0, 0.1) is 0 Å². The van der Waals surface area contributed by atoms with E-state index >= 15 is 0 Å². The van der Waals surface area contributed by atoms with Crippen molar-refractivity contribution in [3.05, 3.63) is 54.2 Å². The highest BCUT2D eigenvalue weighted by Crippen LogP contribution is 2.24. The predicted octanol–water partition coefficient (Wildman–Crippen LogP) is 2.46. The van der Waals surface area contributed by atoms with Crippen molar-refractivity contribution in [2.75, 3.05) is 46.3 Å². The minimum atomic E-state index is -0.0169. The van der Waals surface area contributed by atoms with Gasteiger partial charge in [-0.2, -0.15) is 0 Å². The number of nitrogens with zero attached hydrogens (tertiary/aromatic N) is 4. The number of hydrogen-bond donors (Lipinski definition) is 2. The van der Waals surface area contributed by atoms with Crippen molar-refractivity contribution < 1.29 is 9.21 Å². The third-order valence-corrected chi connectivity index (χ3v) is 5.74. The van der Waals surface area contributed by atoms with Crippen LogP contribution in [0.3, 0.4) is 0 Å². The molecule has 174 valence electrons. The zero-order valence-corrected chi connectivity index (χ0v) is 19.3. The number of furan rings is 1. The van der Waals surface area contributed by atoms with Gasteiger partial charge in [-0.1, -0.05) is 12.5 Å². The monoisotopic (exact) mass is 440 g/mol. The van der Waals surface area contributed by atoms with Crippen molar-refractivity contribution in [1.82, 2.24) is 25.4 Å². The van der Waals surface area contributed by atoms with Gasteiger partial charge in [0.05, 0.1) is 12.3 Å². The Bertz CT molecular complexity index is 818. The first-order valence-electron chi connectivity index (χ1n) is 11.6. The predicted molar refractivity (Wildman–Crippen MR) is 126 cm³/mol. The summed E-state index contributed by atoms with van der Waals surface area (Å²) in [4.78, 5) is 25.6. The standard InChI is InChI=1S/C24H36N6O2/c1-3-25-24(28-19-23(31)29(2)16-12-20-10-5-6-13-26-20)27-18-21(22-11-9-17-32-22)30-14-7-4-8-15-30/h5-6,9-11,13,17,21H,3-4,7-8,12,14-16,18-19H2,1-2H3,(H2,25,27,28). The lowest BCUT2D eigenvalue weighted by Crippen LogP contribution is -2.44. The number of likely N-dealkylation sites (tertiary alicyclic amines) is 1. The van der Waals surface area contributed by atoms with Gasteiger partial charge in [-0.25, -0.2) is 4.99 Å². The maximum atomic E-state index is 12.6. The Balaban J connectivity index is 1.54. The number of nitrogens with one attached hydrogen (secondary N) is 2. The van der Waals surface area contributed by atoms with Crippen molar-refractivity contribution in [2.24, 2.45) is 4.99 Å². The minimum absolute atomic E-state index is 0.0169. The van der Waals surface area contributed by atoms with E-state index in [-0.39, 0.29) is 18.5 Å². The van der Waals surface area contributed by atoms with Crippen LogP contribution in [0.1, 0.15) is 43.7 Å². The van der Waals surface area contributed by atoms with Crippen LogP contribution in [0.5, 0.6) is 0 Å². The summed E-state index contributed by atoms with van der Waals surface area (Å²) in [6.45, 7) is 6.27. The number of guanidine groups is 1. The molecule has 1 aliphatic heterocycles. The fourth-order valence-corrected chi connectivity index (χ4v) is 3.88. The highest BCUT2D eigenvalue weighted by molar-refractivity contribution is 5.84. The Morgan fingerprint density at radius 2 is 2.06 bits per heavy atom. The van der Waals surface area contributed by atoms with Crippen LogP contribution >= 0.6 is 0 Å². The second kappa shape index (κ2) is 12.9. The van der Waals surface area contributed by atoms with E-state index < -0.39 is 0 Å². The minimum Gasteiger partial charge on any atom is -0.468 e. The van der Waals surface area contributed by atoms with Gasteiger partial charge in [0.2, 0.25) is 5.91 Å². The molecule has 8 nitrogen and oxygen atoms in total. The molecule has 0 aromatic carbocycles. The van der Waals surface area contributed by atoms with Crippen molar-refractivity contribution in [3.8, 4) is 0 Å². The molecule has 2 aromatic rings. The molecule has 1 unspecified atom stereocenters. The molecule has 1 aliphatic rings. The third kappa shape index (κ3) is 7.37. The molecule has 0 saturated carbocycles. The van der Waals surface area contributed by atoms with Crippen molar-refractivity contribution in [1.29, 1.82) is 0 Å². The summed E-state index contributed by atoms with van der Waals surface area (Å²) in [5.74, 6) is 1.59. The Morgan fingerprint density at radius 3 is 2.75 bits per heavy atom. The van der Waals surface area contributed by atoms with Gasteiger partial charge in [0.1, 0.15) is 12.3 Å². The van der Waals surface area contributed by atoms with Gasteiger partial charge in [0, 0.05) is 45.0 Å². The van der Waals surface area contributed by atoms with Crippen LogP contribution in [-0.2, 0) is 11.2 Å². The molecule has 8 heteroatoms. The van der Waals surface area contributed by atoms with E-state index in [1.54, 1.807) is 17.4 Å². The fourth-order valence-electron chi connectivity index (χ4n) is 3.88. The van der Waals surface area contributed by atoms with Crippen LogP contribution in [0.15, 0.2) is 52.2 Å². The number of carbonyl (C=O) groups excluding carboxylic acids is 1. The largest absolute Gasteiger partial charge is 0.468 e. The van der Waals surface area contributed by atoms with E-state index in [0.717, 1.165) is 37.5 Å². The van der Waals surface area contributed by atoms with Gasteiger partial charge in [-0.3, -0.25) is 14.7 Å². The van der Waals surface area contributed by atoms with Gasteiger partial charge in [-0.05, 0) is 57.1 Å². The van der Waals surface area contributed by atoms with Crippen molar-refractivity contribution in [3.63, 3.8) is 0 Å². The summed E-state index contributed by atoms with van der Waals surface area (Å²) in [5, 5.41) is 6.66. The van der Waals surface area contributed by atoms with Crippen LogP contribution in [-0.4, -0.2) is 73.0 Å². The van der Waals surface area contributed by atoms with Gasteiger partial charge in [0.15, 0.2) is 5.96 Å². The number of amides is 1. The summed E-state index contributed by atoms with van der Waals surface area (Å²) in [6, 6.07) is 9.94. The summed E-state index contributed by atoms with van der Waals surface area (Å²) in [5.41, 5.74) is 0.979. The van der Waals surface area contributed by atoms with Gasteiger partial charge >= 0.3 is 0 Å². The molecule has 0 spiro atoms. The van der Waals surface area contributed by atoms with E-state index in [4.69, 9.17) is 4.42 Å². The molecule has 0 radical (unpaired) electrons. The zero-order chi connectivity index (χ0) is 22.6. The molecule has 0 aliphatic carbocycles. The van der Waals surface area contributed by atoms with Crippen LogP contribution < -0.4 is 10.6 Å². The Hall–Kier alpha value is -2.87. The van der Waals surface area contributed by atoms with Crippen molar-refractivity contribution in [2.45, 2.75) is 38.6 Å². The maximum Gasteiger partial charge on any atom is 0.244 e. The average Bonchev–Trinajstić information content (AvgIpc) is 3.37. The molecule has 1 amide bonds. The molecule has 1 atom stereocenters. The molecule has 2 N–H and O–H groups in total. The number of aromatic nitrogens is 1. The van der Waals surface area contributed by atoms with E-state index in [2.05, 4.69) is 25.5 Å². The zero-order valence-electron chi connectivity index (χ0n) is 19.3. The lowest BCUT2D eigenvalue weighted by Gasteiger charge is -2.33. The topological polar surface area (TPSA) is 86.0 Å². The molecule has 1 saturated heterocycles. The first kappa shape index (κ1) is 23.8. The summed E-state index contributed by atoms with van der Waals surface area (Å²) < 4.78 is 5.73. The average molecular weight is 441 g/mol. The van der Waals surface area contributed by atoms with E-state index in [9.17, 15) is 4.79 Å². The van der Waals surface area contributed by atoms with Crippen LogP contribution in [0.25, 0.3) is 0 Å². The first-order valence-corrected chi connectivity index (χ1v) is 11.6. The quantitative estimate of drug-likeness (QED) is 0.436. The number of aliphatic imine (C=N–C) groups is 1. The van der Waals surface area contributed by atoms with Crippen LogP contribution in [0.4, 0.5) is 0 Å². The third-order valence-electron chi connectivity index (χ3n) is 5.74. The summed E-state index contributed by atoms with van der Waals surface area (Å²) in [7, 11) is 1.81. The van der Waals surface area contributed by atoms with E-state index in [0.29, 0.717) is 19.0 Å². The second-order valence-corrected chi connectivity index (χ2v) is 8.09. The number of likely N-dealkylation sites (N-methyl/N-ethyl adjacent to an activating group) is 1. The second-order valence-electron chi connectivity index (χ2n) is 8.09. The molecular weight excluding hydrogens is 404 g/mol. The molecule has 0 bridgehead atoms. The summed E-state index contributed by atoms with van der Waals surface area (Å²) >= 11 is 0. The van der Waals surface area contributed by atoms with Gasteiger partial charge in [-0.15, -0.1) is 0 Å². The number of carbonyl (C=O) groups is 1. The molecular formula is C24H36N6O2. The molecule has 32 heavy (non-hydrogen) atoms. The normalized spacial score (nSPS) is 15.9. The number of piperidine rings is 1. The van der Waals surface area contributed by atoms with Crippen LogP contribution in [0.2, 0.25) is 0 Å². The first-order chi connectivity index (χ1) is 15.7. The van der Waals surface area contributed by atoms with E-state index in [1.165, 1.54) is 19.3 Å². The van der Waals surface area contributed by atoms with E-state index in [1.807, 2.05) is 44.3 Å². The smallest absolute Gasteiger partial charge is 0.244 e. The fraction of sp³-hybridized carbons (Fsp3) is 0.542. The SMILES string of the molecule is CCNC(=NCC(=O)N(C)CCc1ccccn1)NCC(c1ccco1)N1CCCCC1. The van der Waals surface area contributed by atoms with Gasteiger partial charge in [0.25, 0.3) is 0 Å². The molecule has 1 fully saturated rings. The van der Waals surface area contributed by atoms with Gasteiger partial charge < -0.3 is 20.0 Å². The number of rotatable bonds is 10. The summed E-state index contributed by atoms with van der Waals surface area (Å²) in [6.07, 6.45) is 7.94. The molecule has 2 aromatic heterocycles.